The first kappa shape index (κ1) is 18.7. The highest BCUT2D eigenvalue weighted by atomic mass is 32.2. The fraction of sp³-hybridized carbons (Fsp3) is 0.312. The number of aromatic nitrogens is 3. The van der Waals surface area contributed by atoms with E-state index >= 15 is 0 Å². The van der Waals surface area contributed by atoms with Crippen molar-refractivity contribution < 1.29 is 13.9 Å². The molecule has 0 aliphatic rings. The molecule has 0 saturated carbocycles. The van der Waals surface area contributed by atoms with Gasteiger partial charge in [0.2, 0.25) is 0 Å². The maximum atomic E-state index is 13.8. The van der Waals surface area contributed by atoms with Crippen molar-refractivity contribution in [3.8, 4) is 0 Å². The molecule has 2 aromatic heterocycles. The Morgan fingerprint density at radius 1 is 1.31 bits per heavy atom. The van der Waals surface area contributed by atoms with Crippen molar-refractivity contribution >= 4 is 44.4 Å². The number of rotatable bonds is 7. The molecule has 138 valence electrons. The van der Waals surface area contributed by atoms with Gasteiger partial charge < -0.3 is 16.2 Å². The topological polar surface area (TPSA) is 97.0 Å². The third kappa shape index (κ3) is 4.02. The van der Waals surface area contributed by atoms with Crippen LogP contribution in [-0.4, -0.2) is 32.7 Å². The molecule has 0 aliphatic heterocycles. The van der Waals surface area contributed by atoms with Gasteiger partial charge in [0.15, 0.2) is 33.4 Å². The number of thioether (sulfide) groups is 1. The molecule has 10 heteroatoms. The molecule has 0 fully saturated rings. The Hall–Kier alpha value is -2.04. The first-order valence-corrected chi connectivity index (χ1v) is 9.69. The largest absolute Gasteiger partial charge is 0.394 e. The Morgan fingerprint density at radius 3 is 2.85 bits per heavy atom. The van der Waals surface area contributed by atoms with Gasteiger partial charge in [-0.2, -0.15) is 0 Å². The number of nitrogens with two attached hydrogens (primary N) is 1. The van der Waals surface area contributed by atoms with Crippen LogP contribution in [0.15, 0.2) is 23.4 Å². The summed E-state index contributed by atoms with van der Waals surface area (Å²) in [6.45, 7) is 1.89. The Balaban J connectivity index is 1.89. The SMILES string of the molecule is CC[C@H](CO)Nc1nc(SCc2cccc(F)c2F)nc2nc(N)sc12. The van der Waals surface area contributed by atoms with E-state index in [1.54, 1.807) is 0 Å². The Kier molecular flexibility index (Phi) is 5.84. The molecule has 0 amide bonds. The second-order valence-electron chi connectivity index (χ2n) is 5.49. The van der Waals surface area contributed by atoms with Gasteiger partial charge in [0.25, 0.3) is 0 Å². The molecule has 3 rings (SSSR count). The monoisotopic (exact) mass is 397 g/mol. The zero-order valence-electron chi connectivity index (χ0n) is 13.9. The quantitative estimate of drug-likeness (QED) is 0.415. The molecule has 4 N–H and O–H groups in total. The first-order valence-electron chi connectivity index (χ1n) is 7.89. The zero-order valence-corrected chi connectivity index (χ0v) is 15.5. The summed E-state index contributed by atoms with van der Waals surface area (Å²) in [5.41, 5.74) is 6.43. The molecular formula is C16H17F2N5OS2. The van der Waals surface area contributed by atoms with Gasteiger partial charge in [-0.05, 0) is 12.5 Å². The maximum absolute atomic E-state index is 13.8. The molecule has 0 bridgehead atoms. The number of nitrogen functional groups attached to an aromatic ring is 1. The van der Waals surface area contributed by atoms with Gasteiger partial charge in [0, 0.05) is 11.3 Å². The van der Waals surface area contributed by atoms with Gasteiger partial charge in [0.1, 0.15) is 4.70 Å². The summed E-state index contributed by atoms with van der Waals surface area (Å²) in [4.78, 5) is 13.0. The average Bonchev–Trinajstić information content (AvgIpc) is 3.01. The van der Waals surface area contributed by atoms with E-state index in [9.17, 15) is 13.9 Å². The van der Waals surface area contributed by atoms with E-state index in [1.165, 1.54) is 35.2 Å². The number of aliphatic hydroxyl groups excluding tert-OH is 1. The molecule has 0 spiro atoms. The smallest absolute Gasteiger partial charge is 0.191 e. The van der Waals surface area contributed by atoms with E-state index in [1.807, 2.05) is 6.92 Å². The minimum Gasteiger partial charge on any atom is -0.394 e. The van der Waals surface area contributed by atoms with Crippen molar-refractivity contribution in [2.24, 2.45) is 0 Å². The number of thiazole rings is 1. The van der Waals surface area contributed by atoms with Crippen LogP contribution in [0.5, 0.6) is 0 Å². The molecule has 0 aliphatic carbocycles. The third-order valence-corrected chi connectivity index (χ3v) is 5.47. The third-order valence-electron chi connectivity index (χ3n) is 3.69. The maximum Gasteiger partial charge on any atom is 0.191 e. The normalized spacial score (nSPS) is 12.5. The summed E-state index contributed by atoms with van der Waals surface area (Å²) >= 11 is 2.42. The number of fused-ring (bicyclic) bond motifs is 1. The van der Waals surface area contributed by atoms with Crippen LogP contribution in [0.1, 0.15) is 18.9 Å². The second-order valence-corrected chi connectivity index (χ2v) is 7.47. The van der Waals surface area contributed by atoms with Gasteiger partial charge >= 0.3 is 0 Å². The van der Waals surface area contributed by atoms with Crippen LogP contribution in [0.25, 0.3) is 10.3 Å². The summed E-state index contributed by atoms with van der Waals surface area (Å²) in [5, 5.41) is 13.3. The lowest BCUT2D eigenvalue weighted by Gasteiger charge is -2.15. The van der Waals surface area contributed by atoms with E-state index in [2.05, 4.69) is 20.3 Å². The predicted octanol–water partition coefficient (Wildman–Crippen LogP) is 3.42. The molecule has 1 atom stereocenters. The van der Waals surface area contributed by atoms with E-state index in [0.717, 1.165) is 6.07 Å². The number of hydrogen-bond donors (Lipinski definition) is 3. The van der Waals surface area contributed by atoms with Crippen LogP contribution in [-0.2, 0) is 5.75 Å². The molecular weight excluding hydrogens is 380 g/mol. The summed E-state index contributed by atoms with van der Waals surface area (Å²) in [6, 6.07) is 3.88. The average molecular weight is 397 g/mol. The fourth-order valence-electron chi connectivity index (χ4n) is 2.25. The zero-order chi connectivity index (χ0) is 18.7. The van der Waals surface area contributed by atoms with E-state index in [-0.39, 0.29) is 24.0 Å². The van der Waals surface area contributed by atoms with Gasteiger partial charge in [0.05, 0.1) is 12.6 Å². The summed E-state index contributed by atoms with van der Waals surface area (Å²) in [7, 11) is 0. The molecule has 26 heavy (non-hydrogen) atoms. The molecule has 0 unspecified atom stereocenters. The van der Waals surface area contributed by atoms with Crippen molar-refractivity contribution in [1.29, 1.82) is 0 Å². The van der Waals surface area contributed by atoms with Gasteiger partial charge in [-0.1, -0.05) is 42.2 Å². The standard InChI is InChI=1S/C16H17F2N5OS2/c1-2-9(6-24)20-13-12-14(21-15(19)26-12)23-16(22-13)25-7-8-4-3-5-10(17)11(8)18/h3-5,9,24H,2,6-7H2,1H3,(H3,19,20,21,22,23)/t9-/m1/s1. The summed E-state index contributed by atoms with van der Waals surface area (Å²) < 4.78 is 27.8. The Labute approximate surface area is 156 Å². The molecule has 6 nitrogen and oxygen atoms in total. The number of aliphatic hydroxyl groups is 1. The molecule has 1 aromatic carbocycles. The van der Waals surface area contributed by atoms with Gasteiger partial charge in [-0.3, -0.25) is 0 Å². The molecule has 2 heterocycles. The van der Waals surface area contributed by atoms with E-state index < -0.39 is 11.6 Å². The van der Waals surface area contributed by atoms with Gasteiger partial charge in [-0.25, -0.2) is 23.7 Å². The van der Waals surface area contributed by atoms with E-state index in [0.29, 0.717) is 32.9 Å². The van der Waals surface area contributed by atoms with Crippen LogP contribution >= 0.6 is 23.1 Å². The molecule has 0 radical (unpaired) electrons. The van der Waals surface area contributed by atoms with E-state index in [4.69, 9.17) is 5.73 Å². The fourth-order valence-corrected chi connectivity index (χ4v) is 3.79. The minimum atomic E-state index is -0.886. The lowest BCUT2D eigenvalue weighted by molar-refractivity contribution is 0.271. The number of nitrogens with one attached hydrogen (secondary N) is 1. The van der Waals surface area contributed by atoms with Crippen molar-refractivity contribution in [2.75, 3.05) is 17.7 Å². The second kappa shape index (κ2) is 8.11. The van der Waals surface area contributed by atoms with Crippen molar-refractivity contribution in [2.45, 2.75) is 30.3 Å². The van der Waals surface area contributed by atoms with Crippen LogP contribution in [0.2, 0.25) is 0 Å². The van der Waals surface area contributed by atoms with Crippen LogP contribution in [0, 0.1) is 11.6 Å². The van der Waals surface area contributed by atoms with Crippen molar-refractivity contribution in [3.05, 3.63) is 35.4 Å². The van der Waals surface area contributed by atoms with Gasteiger partial charge in [-0.15, -0.1) is 0 Å². The number of nitrogens with zero attached hydrogens (tertiary/aromatic N) is 3. The highest BCUT2D eigenvalue weighted by Gasteiger charge is 2.16. The molecule has 3 aromatic rings. The summed E-state index contributed by atoms with van der Waals surface area (Å²) in [5.74, 6) is -1.07. The minimum absolute atomic E-state index is 0.0484. The van der Waals surface area contributed by atoms with Crippen LogP contribution in [0.3, 0.4) is 0 Å². The predicted molar refractivity (Wildman–Crippen MR) is 100 cm³/mol. The number of anilines is 2. The number of hydrogen-bond acceptors (Lipinski definition) is 8. The lowest BCUT2D eigenvalue weighted by atomic mass is 10.2. The summed E-state index contributed by atoms with van der Waals surface area (Å²) in [6.07, 6.45) is 0.702. The van der Waals surface area contributed by atoms with Crippen LogP contribution in [0.4, 0.5) is 19.7 Å². The van der Waals surface area contributed by atoms with Crippen LogP contribution < -0.4 is 11.1 Å². The Morgan fingerprint density at radius 2 is 2.12 bits per heavy atom. The molecule has 0 saturated heterocycles. The number of halogens is 2. The lowest BCUT2D eigenvalue weighted by Crippen LogP contribution is -2.23. The number of benzene rings is 1. The van der Waals surface area contributed by atoms with Crippen molar-refractivity contribution in [3.63, 3.8) is 0 Å². The van der Waals surface area contributed by atoms with Crippen molar-refractivity contribution in [1.82, 2.24) is 15.0 Å². The first-order chi connectivity index (χ1) is 12.5. The highest BCUT2D eigenvalue weighted by molar-refractivity contribution is 7.98. The highest BCUT2D eigenvalue weighted by Crippen LogP contribution is 2.32. The Bertz CT molecular complexity index is 917.